The van der Waals surface area contributed by atoms with Gasteiger partial charge in [-0.05, 0) is 38.5 Å². The normalized spacial score (nSPS) is 28.6. The Hall–Kier alpha value is -1.43. The second kappa shape index (κ2) is 5.33. The fourth-order valence-electron chi connectivity index (χ4n) is 3.73. The van der Waals surface area contributed by atoms with Gasteiger partial charge in [0, 0.05) is 12.5 Å². The van der Waals surface area contributed by atoms with Crippen LogP contribution in [0.3, 0.4) is 0 Å². The molecule has 0 radical (unpaired) electrons. The van der Waals surface area contributed by atoms with Crippen LogP contribution in [0.5, 0.6) is 0 Å². The highest BCUT2D eigenvalue weighted by atomic mass is 16.5. The molecule has 1 aromatic heterocycles. The molecule has 1 aliphatic heterocycles. The van der Waals surface area contributed by atoms with Crippen LogP contribution in [0.2, 0.25) is 0 Å². The highest BCUT2D eigenvalue weighted by Gasteiger charge is 2.44. The average Bonchev–Trinajstić information content (AvgIpc) is 3.01. The monoisotopic (exact) mass is 304 g/mol. The number of rotatable bonds is 4. The highest BCUT2D eigenvalue weighted by Crippen LogP contribution is 2.37. The van der Waals surface area contributed by atoms with Crippen molar-refractivity contribution in [3.8, 4) is 0 Å². The van der Waals surface area contributed by atoms with Crippen molar-refractivity contribution in [3.63, 3.8) is 0 Å². The number of hydrogen-bond acceptors (Lipinski definition) is 4. The predicted octanol–water partition coefficient (Wildman–Crippen LogP) is 1.71. The third-order valence-electron chi connectivity index (χ3n) is 5.32. The van der Waals surface area contributed by atoms with E-state index in [1.54, 1.807) is 0 Å². The number of carbonyl (C=O) groups is 1. The number of fused-ring (bicyclic) bond motifs is 1. The average molecular weight is 304 g/mol. The lowest BCUT2D eigenvalue weighted by Crippen LogP contribution is -2.53. The van der Waals surface area contributed by atoms with E-state index in [2.05, 4.69) is 20.1 Å². The fourth-order valence-corrected chi connectivity index (χ4v) is 3.73. The summed E-state index contributed by atoms with van der Waals surface area (Å²) in [5.74, 6) is 2.93. The van der Waals surface area contributed by atoms with Crippen LogP contribution in [0, 0.1) is 5.92 Å². The Morgan fingerprint density at radius 2 is 2.09 bits per heavy atom. The SMILES string of the molecule is CC1(C(=O)NCC2CC2)COCc2nnc(C3CCCC3)n21. The maximum Gasteiger partial charge on any atom is 0.248 e. The summed E-state index contributed by atoms with van der Waals surface area (Å²) >= 11 is 0. The lowest BCUT2D eigenvalue weighted by molar-refractivity contribution is -0.135. The van der Waals surface area contributed by atoms with Gasteiger partial charge in [-0.15, -0.1) is 10.2 Å². The molecular weight excluding hydrogens is 280 g/mol. The summed E-state index contributed by atoms with van der Waals surface area (Å²) in [6.45, 7) is 3.59. The van der Waals surface area contributed by atoms with E-state index in [1.807, 2.05) is 6.92 Å². The minimum absolute atomic E-state index is 0.0411. The zero-order valence-corrected chi connectivity index (χ0v) is 13.2. The van der Waals surface area contributed by atoms with E-state index in [0.717, 1.165) is 31.0 Å². The molecule has 1 N–H and O–H groups in total. The maximum atomic E-state index is 12.8. The van der Waals surface area contributed by atoms with Gasteiger partial charge >= 0.3 is 0 Å². The Labute approximate surface area is 130 Å². The summed E-state index contributed by atoms with van der Waals surface area (Å²) in [4.78, 5) is 12.8. The van der Waals surface area contributed by atoms with Crippen molar-refractivity contribution >= 4 is 5.91 Å². The van der Waals surface area contributed by atoms with E-state index in [0.29, 0.717) is 25.0 Å². The molecule has 1 amide bonds. The van der Waals surface area contributed by atoms with Gasteiger partial charge in [-0.3, -0.25) is 9.36 Å². The molecule has 0 spiro atoms. The lowest BCUT2D eigenvalue weighted by atomic mass is 9.97. The molecule has 0 bridgehead atoms. The van der Waals surface area contributed by atoms with Gasteiger partial charge < -0.3 is 10.1 Å². The summed E-state index contributed by atoms with van der Waals surface area (Å²) in [6.07, 6.45) is 7.26. The Balaban J connectivity index is 1.63. The fraction of sp³-hybridized carbons (Fsp3) is 0.812. The molecule has 120 valence electrons. The van der Waals surface area contributed by atoms with Gasteiger partial charge in [-0.1, -0.05) is 12.8 Å². The number of nitrogens with one attached hydrogen (secondary N) is 1. The molecule has 22 heavy (non-hydrogen) atoms. The van der Waals surface area contributed by atoms with Crippen molar-refractivity contribution in [2.45, 2.75) is 63.5 Å². The number of nitrogens with zero attached hydrogens (tertiary/aromatic N) is 3. The van der Waals surface area contributed by atoms with Crippen molar-refractivity contribution < 1.29 is 9.53 Å². The zero-order chi connectivity index (χ0) is 15.2. The minimum atomic E-state index is -0.718. The summed E-state index contributed by atoms with van der Waals surface area (Å²) in [7, 11) is 0. The van der Waals surface area contributed by atoms with E-state index in [-0.39, 0.29) is 5.91 Å². The highest BCUT2D eigenvalue weighted by molar-refractivity contribution is 5.84. The first-order valence-corrected chi connectivity index (χ1v) is 8.49. The van der Waals surface area contributed by atoms with Crippen molar-refractivity contribution in [1.29, 1.82) is 0 Å². The molecule has 2 heterocycles. The van der Waals surface area contributed by atoms with E-state index in [4.69, 9.17) is 4.74 Å². The van der Waals surface area contributed by atoms with Gasteiger partial charge in [0.25, 0.3) is 0 Å². The molecule has 4 rings (SSSR count). The molecule has 1 unspecified atom stereocenters. The largest absolute Gasteiger partial charge is 0.370 e. The van der Waals surface area contributed by atoms with Crippen LogP contribution < -0.4 is 5.32 Å². The topological polar surface area (TPSA) is 69.0 Å². The van der Waals surface area contributed by atoms with Crippen LogP contribution in [0.1, 0.15) is 63.0 Å². The van der Waals surface area contributed by atoms with Crippen molar-refractivity contribution in [3.05, 3.63) is 11.6 Å². The molecular formula is C16H24N4O2. The second-order valence-electron chi connectivity index (χ2n) is 7.21. The lowest BCUT2D eigenvalue weighted by Gasteiger charge is -2.36. The summed E-state index contributed by atoms with van der Waals surface area (Å²) < 4.78 is 7.73. The van der Waals surface area contributed by atoms with E-state index in [1.165, 1.54) is 25.7 Å². The van der Waals surface area contributed by atoms with E-state index in [9.17, 15) is 4.79 Å². The first kappa shape index (κ1) is 14.2. The summed E-state index contributed by atoms with van der Waals surface area (Å²) in [5.41, 5.74) is -0.718. The van der Waals surface area contributed by atoms with E-state index < -0.39 is 5.54 Å². The minimum Gasteiger partial charge on any atom is -0.370 e. The first-order chi connectivity index (χ1) is 10.7. The zero-order valence-electron chi connectivity index (χ0n) is 13.2. The van der Waals surface area contributed by atoms with Crippen LogP contribution in [0.25, 0.3) is 0 Å². The number of amides is 1. The standard InChI is InChI=1S/C16H24N4O2/c1-16(15(21)17-8-11-6-7-11)10-22-9-13-18-19-14(20(13)16)12-4-2-3-5-12/h11-12H,2-10H2,1H3,(H,17,21). The van der Waals surface area contributed by atoms with Gasteiger partial charge in [-0.25, -0.2) is 0 Å². The van der Waals surface area contributed by atoms with Crippen LogP contribution in [0.4, 0.5) is 0 Å². The van der Waals surface area contributed by atoms with Crippen LogP contribution in [0.15, 0.2) is 0 Å². The molecule has 0 saturated heterocycles. The Bertz CT molecular complexity index is 575. The molecule has 6 nitrogen and oxygen atoms in total. The molecule has 1 atom stereocenters. The van der Waals surface area contributed by atoms with E-state index >= 15 is 0 Å². The number of ether oxygens (including phenoxy) is 1. The molecule has 6 heteroatoms. The first-order valence-electron chi connectivity index (χ1n) is 8.49. The number of hydrogen-bond donors (Lipinski definition) is 1. The third-order valence-corrected chi connectivity index (χ3v) is 5.32. The van der Waals surface area contributed by atoms with Crippen molar-refractivity contribution in [2.75, 3.05) is 13.2 Å². The van der Waals surface area contributed by atoms with Crippen molar-refractivity contribution in [2.24, 2.45) is 5.92 Å². The maximum absolute atomic E-state index is 12.8. The predicted molar refractivity (Wildman–Crippen MR) is 80.3 cm³/mol. The molecule has 2 saturated carbocycles. The molecule has 0 aromatic carbocycles. The van der Waals surface area contributed by atoms with Gasteiger partial charge in [0.1, 0.15) is 18.0 Å². The van der Waals surface area contributed by atoms with Crippen LogP contribution in [-0.2, 0) is 21.7 Å². The summed E-state index contributed by atoms with van der Waals surface area (Å²) in [6, 6.07) is 0. The Kier molecular flexibility index (Phi) is 3.44. The van der Waals surface area contributed by atoms with Crippen LogP contribution >= 0.6 is 0 Å². The van der Waals surface area contributed by atoms with Gasteiger partial charge in [0.15, 0.2) is 5.82 Å². The summed E-state index contributed by atoms with van der Waals surface area (Å²) in [5, 5.41) is 11.8. The van der Waals surface area contributed by atoms with Crippen molar-refractivity contribution in [1.82, 2.24) is 20.1 Å². The van der Waals surface area contributed by atoms with Gasteiger partial charge in [0.05, 0.1) is 6.61 Å². The number of aromatic nitrogens is 3. The molecule has 2 aliphatic carbocycles. The molecule has 3 aliphatic rings. The number of carbonyl (C=O) groups excluding carboxylic acids is 1. The Morgan fingerprint density at radius 1 is 1.32 bits per heavy atom. The Morgan fingerprint density at radius 3 is 2.82 bits per heavy atom. The molecule has 1 aromatic rings. The second-order valence-corrected chi connectivity index (χ2v) is 7.21. The van der Waals surface area contributed by atoms with Gasteiger partial charge in [-0.2, -0.15) is 0 Å². The van der Waals surface area contributed by atoms with Crippen LogP contribution in [-0.4, -0.2) is 33.8 Å². The molecule has 2 fully saturated rings. The third kappa shape index (κ3) is 2.33. The van der Waals surface area contributed by atoms with Gasteiger partial charge in [0.2, 0.25) is 5.91 Å². The smallest absolute Gasteiger partial charge is 0.248 e. The quantitative estimate of drug-likeness (QED) is 0.919.